The van der Waals surface area contributed by atoms with Gasteiger partial charge in [-0.2, -0.15) is 0 Å². The van der Waals surface area contributed by atoms with Crippen molar-refractivity contribution in [3.8, 4) is 22.3 Å². The first-order valence-electron chi connectivity index (χ1n) is 12.8. The zero-order valence-electron chi connectivity index (χ0n) is 21.0. The quantitative estimate of drug-likeness (QED) is 0.247. The molecule has 0 amide bonds. The smallest absolute Gasteiger partial charge is 0.0726 e. The predicted molar refractivity (Wildman–Crippen MR) is 151 cm³/mol. The van der Waals surface area contributed by atoms with Gasteiger partial charge in [0.05, 0.1) is 5.41 Å². The summed E-state index contributed by atoms with van der Waals surface area (Å²) < 4.78 is 0. The number of anilines is 2. The molecule has 1 spiro atoms. The van der Waals surface area contributed by atoms with E-state index in [1.807, 2.05) is 0 Å². The summed E-state index contributed by atoms with van der Waals surface area (Å²) in [5.74, 6) is 0. The second-order valence-electron chi connectivity index (χ2n) is 11.0. The minimum Gasteiger partial charge on any atom is -0.336 e. The molecule has 5 aromatic rings. The largest absolute Gasteiger partial charge is 0.336 e. The number of para-hydroxylation sites is 1. The van der Waals surface area contributed by atoms with Gasteiger partial charge in [0.15, 0.2) is 0 Å². The van der Waals surface area contributed by atoms with E-state index < -0.39 is 0 Å². The minimum absolute atomic E-state index is 0.0836. The van der Waals surface area contributed by atoms with E-state index in [-0.39, 0.29) is 11.0 Å². The maximum absolute atomic E-state index is 2.47. The third kappa shape index (κ3) is 2.72. The fraction of sp³-hybridized carbons (Fsp3) is 0.143. The van der Waals surface area contributed by atoms with Gasteiger partial charge in [-0.25, -0.2) is 0 Å². The van der Waals surface area contributed by atoms with Gasteiger partial charge in [0.2, 0.25) is 0 Å². The summed E-state index contributed by atoms with van der Waals surface area (Å²) in [6, 6.07) is 44.9. The van der Waals surface area contributed by atoms with Crippen molar-refractivity contribution in [2.45, 2.75) is 31.7 Å². The summed E-state index contributed by atoms with van der Waals surface area (Å²) in [5, 5.41) is 0. The number of benzene rings is 5. The Bertz CT molecular complexity index is 1560. The van der Waals surface area contributed by atoms with E-state index in [0.29, 0.717) is 0 Å². The van der Waals surface area contributed by atoms with Gasteiger partial charge >= 0.3 is 0 Å². The Hall–Kier alpha value is -4.10. The van der Waals surface area contributed by atoms with Crippen molar-refractivity contribution in [2.24, 2.45) is 0 Å². The van der Waals surface area contributed by atoms with Gasteiger partial charge in [-0.05, 0) is 89.5 Å². The molecule has 36 heavy (non-hydrogen) atoms. The molecule has 0 fully saturated rings. The maximum atomic E-state index is 2.47. The van der Waals surface area contributed by atoms with E-state index in [9.17, 15) is 0 Å². The van der Waals surface area contributed by atoms with E-state index in [2.05, 4.69) is 147 Å². The minimum atomic E-state index is -0.310. The van der Waals surface area contributed by atoms with E-state index in [4.69, 9.17) is 0 Å². The van der Waals surface area contributed by atoms with Crippen LogP contribution in [0.2, 0.25) is 0 Å². The van der Waals surface area contributed by atoms with Crippen molar-refractivity contribution in [3.63, 3.8) is 0 Å². The second-order valence-corrected chi connectivity index (χ2v) is 11.0. The Morgan fingerprint density at radius 2 is 0.889 bits per heavy atom. The molecule has 0 saturated heterocycles. The molecule has 0 radical (unpaired) electrons. The molecule has 1 heteroatoms. The van der Waals surface area contributed by atoms with Crippen LogP contribution in [0.5, 0.6) is 0 Å². The lowest BCUT2D eigenvalue weighted by Crippen LogP contribution is -2.37. The summed E-state index contributed by atoms with van der Waals surface area (Å²) in [6.45, 7) is 6.87. The summed E-state index contributed by atoms with van der Waals surface area (Å²) in [6.07, 6.45) is 0. The number of rotatable bonds is 2. The van der Waals surface area contributed by atoms with Crippen LogP contribution in [0.15, 0.2) is 121 Å². The Morgan fingerprint density at radius 1 is 0.444 bits per heavy atom. The summed E-state index contributed by atoms with van der Waals surface area (Å²) in [5.41, 5.74) is 12.9. The van der Waals surface area contributed by atoms with Crippen molar-refractivity contribution in [3.05, 3.63) is 144 Å². The molecular formula is C35H29N. The maximum Gasteiger partial charge on any atom is 0.0726 e. The highest BCUT2D eigenvalue weighted by Gasteiger charge is 2.51. The van der Waals surface area contributed by atoms with Crippen LogP contribution in [0.4, 0.5) is 11.4 Å². The molecule has 0 atom stereocenters. The molecule has 0 aromatic heterocycles. The molecule has 0 bridgehead atoms. The van der Waals surface area contributed by atoms with Gasteiger partial charge in [0.25, 0.3) is 0 Å². The number of fused-ring (bicyclic) bond motifs is 10. The lowest BCUT2D eigenvalue weighted by molar-refractivity contribution is 0.560. The highest BCUT2D eigenvalue weighted by molar-refractivity contribution is 5.95. The SMILES string of the molecule is CC(C)(C)N(c1ccccc1)c1ccc2c(c1)C1(c3ccccc3-c3ccccc31)c1ccccc1-2. The van der Waals surface area contributed by atoms with Crippen molar-refractivity contribution < 1.29 is 0 Å². The molecule has 0 heterocycles. The number of nitrogens with zero attached hydrogens (tertiary/aromatic N) is 1. The second kappa shape index (κ2) is 7.45. The van der Waals surface area contributed by atoms with Crippen LogP contribution in [0, 0.1) is 0 Å². The highest BCUT2D eigenvalue weighted by atomic mass is 15.2. The van der Waals surface area contributed by atoms with Crippen LogP contribution in [0.1, 0.15) is 43.0 Å². The van der Waals surface area contributed by atoms with Crippen LogP contribution < -0.4 is 4.90 Å². The third-order valence-corrected chi connectivity index (χ3v) is 7.92. The molecule has 1 nitrogen and oxygen atoms in total. The average molecular weight is 464 g/mol. The molecule has 0 aliphatic heterocycles. The van der Waals surface area contributed by atoms with Crippen LogP contribution >= 0.6 is 0 Å². The van der Waals surface area contributed by atoms with Crippen LogP contribution in [0.3, 0.4) is 0 Å². The van der Waals surface area contributed by atoms with Gasteiger partial charge in [-0.3, -0.25) is 0 Å². The molecule has 2 aliphatic rings. The lowest BCUT2D eigenvalue weighted by atomic mass is 9.70. The number of hydrogen-bond donors (Lipinski definition) is 0. The molecule has 0 unspecified atom stereocenters. The van der Waals surface area contributed by atoms with Crippen molar-refractivity contribution in [2.75, 3.05) is 4.90 Å². The van der Waals surface area contributed by atoms with Crippen molar-refractivity contribution in [1.29, 1.82) is 0 Å². The monoisotopic (exact) mass is 463 g/mol. The molecule has 7 rings (SSSR count). The third-order valence-electron chi connectivity index (χ3n) is 7.92. The fourth-order valence-electron chi connectivity index (χ4n) is 6.72. The first-order chi connectivity index (χ1) is 17.5. The van der Waals surface area contributed by atoms with Gasteiger partial charge in [0, 0.05) is 16.9 Å². The fourth-order valence-corrected chi connectivity index (χ4v) is 6.72. The Kier molecular flexibility index (Phi) is 4.39. The van der Waals surface area contributed by atoms with Crippen molar-refractivity contribution >= 4 is 11.4 Å². The van der Waals surface area contributed by atoms with Gasteiger partial charge in [-0.1, -0.05) is 97.1 Å². The Morgan fingerprint density at radius 3 is 1.39 bits per heavy atom. The van der Waals surface area contributed by atoms with Crippen LogP contribution in [-0.4, -0.2) is 5.54 Å². The molecular weight excluding hydrogens is 434 g/mol. The zero-order valence-corrected chi connectivity index (χ0v) is 21.0. The summed E-state index contributed by atoms with van der Waals surface area (Å²) in [7, 11) is 0. The van der Waals surface area contributed by atoms with Gasteiger partial charge < -0.3 is 4.90 Å². The molecule has 174 valence electrons. The standard InChI is InChI=1S/C35H29N/c1-34(2,3)36(24-13-5-4-6-14-24)25-21-22-29-28-17-9-12-20-32(28)35(33(29)23-25)30-18-10-7-15-26(30)27-16-8-11-19-31(27)35/h4-23H,1-3H3. The first kappa shape index (κ1) is 21.2. The Balaban J connectivity index is 1.57. The van der Waals surface area contributed by atoms with Crippen LogP contribution in [0.25, 0.3) is 22.3 Å². The van der Waals surface area contributed by atoms with E-state index in [0.717, 1.165) is 0 Å². The normalized spacial score (nSPS) is 14.2. The van der Waals surface area contributed by atoms with E-state index in [1.165, 1.54) is 55.9 Å². The topological polar surface area (TPSA) is 3.24 Å². The van der Waals surface area contributed by atoms with Crippen LogP contribution in [-0.2, 0) is 5.41 Å². The summed E-state index contributed by atoms with van der Waals surface area (Å²) in [4.78, 5) is 2.47. The van der Waals surface area contributed by atoms with E-state index in [1.54, 1.807) is 0 Å². The zero-order chi connectivity index (χ0) is 24.5. The van der Waals surface area contributed by atoms with E-state index >= 15 is 0 Å². The Labute approximate surface area is 213 Å². The molecule has 2 aliphatic carbocycles. The number of hydrogen-bond acceptors (Lipinski definition) is 1. The predicted octanol–water partition coefficient (Wildman–Crippen LogP) is 8.97. The van der Waals surface area contributed by atoms with Crippen molar-refractivity contribution in [1.82, 2.24) is 0 Å². The van der Waals surface area contributed by atoms with Gasteiger partial charge in [0.1, 0.15) is 0 Å². The summed E-state index contributed by atoms with van der Waals surface area (Å²) >= 11 is 0. The lowest BCUT2D eigenvalue weighted by Gasteiger charge is -2.39. The molecule has 0 saturated carbocycles. The molecule has 0 N–H and O–H groups in total. The first-order valence-corrected chi connectivity index (χ1v) is 12.8. The highest BCUT2D eigenvalue weighted by Crippen LogP contribution is 2.63. The average Bonchev–Trinajstić information content (AvgIpc) is 3.36. The van der Waals surface area contributed by atoms with Gasteiger partial charge in [-0.15, -0.1) is 0 Å². The molecule has 5 aromatic carbocycles.